The molecule has 8 N–H and O–H groups in total. The van der Waals surface area contributed by atoms with Crippen LogP contribution in [0.3, 0.4) is 0 Å². The van der Waals surface area contributed by atoms with Crippen molar-refractivity contribution in [3.05, 3.63) is 41.8 Å². The van der Waals surface area contributed by atoms with Crippen molar-refractivity contribution in [3.8, 4) is 0 Å². The van der Waals surface area contributed by atoms with E-state index in [4.69, 9.17) is 112 Å². The molecular weight excluding hydrogens is 1530 g/mol. The zero-order valence-corrected chi connectivity index (χ0v) is 66.2. The lowest BCUT2D eigenvalue weighted by Crippen LogP contribution is -2.48. The highest BCUT2D eigenvalue weighted by molar-refractivity contribution is 5.89. The maximum Gasteiger partial charge on any atom is 0.328 e. The average molecular weight is 1660 g/mol. The summed E-state index contributed by atoms with van der Waals surface area (Å²) in [5, 5.41) is 35.2. The van der Waals surface area contributed by atoms with E-state index in [-0.39, 0.29) is 294 Å². The number of unbranched alkanes of at least 4 members (excludes halogenated alkanes) is 3. The number of ether oxygens (including phenoxy) is 19. The summed E-state index contributed by atoms with van der Waals surface area (Å²) in [5.41, 5.74) is 33.2. The van der Waals surface area contributed by atoms with Crippen LogP contribution in [-0.4, -0.2) is 375 Å². The molecule has 0 aromatic carbocycles. The van der Waals surface area contributed by atoms with Crippen LogP contribution in [0, 0.1) is 0 Å². The van der Waals surface area contributed by atoms with Crippen molar-refractivity contribution in [2.24, 2.45) is 20.5 Å². The molecule has 0 aliphatic rings. The van der Waals surface area contributed by atoms with Gasteiger partial charge in [-0.2, -0.15) is 0 Å². The summed E-state index contributed by atoms with van der Waals surface area (Å²) >= 11 is 0. The third kappa shape index (κ3) is 76.8. The molecule has 0 saturated heterocycles. The van der Waals surface area contributed by atoms with Crippen LogP contribution in [0.15, 0.2) is 20.5 Å². The number of hydrogen-bond donors (Lipinski definition) is 8. The Balaban J connectivity index is 4.54. The van der Waals surface area contributed by atoms with E-state index in [1.165, 1.54) is 7.11 Å². The predicted octanol–water partition coefficient (Wildman–Crippen LogP) is -0.754. The number of methoxy groups -OCH3 is 1. The van der Waals surface area contributed by atoms with E-state index in [1.807, 2.05) is 0 Å². The van der Waals surface area contributed by atoms with Crippen molar-refractivity contribution in [1.29, 1.82) is 0 Å². The molecule has 658 valence electrons. The molecule has 115 heavy (non-hydrogen) atoms. The minimum Gasteiger partial charge on any atom is -0.467 e. The number of hydrogen-bond acceptors (Lipinski definition) is 32. The number of azide groups is 4. The van der Waals surface area contributed by atoms with Crippen molar-refractivity contribution in [2.75, 3.05) is 304 Å². The number of esters is 1. The third-order valence-electron chi connectivity index (χ3n) is 14.4. The van der Waals surface area contributed by atoms with E-state index >= 15 is 0 Å². The molecule has 48 nitrogen and oxygen atoms in total. The van der Waals surface area contributed by atoms with Gasteiger partial charge in [0.25, 0.3) is 0 Å². The van der Waals surface area contributed by atoms with Gasteiger partial charge in [0.05, 0.1) is 205 Å². The second-order valence-corrected chi connectivity index (χ2v) is 23.5. The monoisotopic (exact) mass is 1650 g/mol. The quantitative estimate of drug-likeness (QED) is 0.0122. The molecule has 0 rings (SSSR count). The second-order valence-electron chi connectivity index (χ2n) is 23.5. The van der Waals surface area contributed by atoms with Gasteiger partial charge >= 0.3 is 5.97 Å². The van der Waals surface area contributed by atoms with Crippen LogP contribution in [0.4, 0.5) is 0 Å². The first-order valence-electron chi connectivity index (χ1n) is 38.1. The van der Waals surface area contributed by atoms with Crippen LogP contribution in [0.25, 0.3) is 41.8 Å². The van der Waals surface area contributed by atoms with Gasteiger partial charge in [-0.3, -0.25) is 38.4 Å². The van der Waals surface area contributed by atoms with Crippen molar-refractivity contribution < 1.29 is 133 Å². The summed E-state index contributed by atoms with van der Waals surface area (Å²) in [6, 6.07) is -2.79. The van der Waals surface area contributed by atoms with E-state index in [9.17, 15) is 43.2 Å². The maximum absolute atomic E-state index is 13.2. The fourth-order valence-corrected chi connectivity index (χ4v) is 8.86. The van der Waals surface area contributed by atoms with Gasteiger partial charge in [0.1, 0.15) is 57.8 Å². The molecule has 0 radical (unpaired) electrons. The lowest BCUT2D eigenvalue weighted by molar-refractivity contribution is -0.146. The second kappa shape index (κ2) is 85.1. The SMILES string of the molecule is COC(=O)[C@H](CCCCNC(=O)COCCOCCOCCNC(=O)[C@H](CCCCNC(=O)COCCOCCOCCN=[N+]=[N-])NC(=O)COCCOCCOCCN=[N+]=[N-])NC(=O)COCCOCCOCCNC(=O)[C@H](CCCCNC(=O)COCCOCCOCCN=[N+]=[N-])NC(=O)COCCOCCOCCN=[N+]=[N-]. The van der Waals surface area contributed by atoms with Crippen molar-refractivity contribution in [3.63, 3.8) is 0 Å². The summed E-state index contributed by atoms with van der Waals surface area (Å²) in [7, 11) is 1.20. The minimum atomic E-state index is -0.955. The molecule has 0 aliphatic carbocycles. The average Bonchev–Trinajstić information content (AvgIpc) is 0.938. The van der Waals surface area contributed by atoms with Gasteiger partial charge in [-0.1, -0.05) is 20.5 Å². The van der Waals surface area contributed by atoms with Crippen molar-refractivity contribution in [1.82, 2.24) is 42.5 Å². The van der Waals surface area contributed by atoms with E-state index in [1.54, 1.807) is 0 Å². The molecule has 3 atom stereocenters. The summed E-state index contributed by atoms with van der Waals surface area (Å²) < 4.78 is 102. The molecule has 0 unspecified atom stereocenters. The van der Waals surface area contributed by atoms with Crippen LogP contribution in [0.1, 0.15) is 57.8 Å². The van der Waals surface area contributed by atoms with Crippen LogP contribution >= 0.6 is 0 Å². The van der Waals surface area contributed by atoms with Crippen molar-refractivity contribution >= 4 is 53.2 Å². The molecule has 0 aliphatic heterocycles. The first kappa shape index (κ1) is 107. The lowest BCUT2D eigenvalue weighted by atomic mass is 10.1. The highest BCUT2D eigenvalue weighted by atomic mass is 16.6. The van der Waals surface area contributed by atoms with Crippen LogP contribution < -0.4 is 42.5 Å². The number of nitrogens with zero attached hydrogens (tertiary/aromatic N) is 12. The Kier molecular flexibility index (Phi) is 79.0. The summed E-state index contributed by atoms with van der Waals surface area (Å²) in [5.74, 6) is -4.18. The molecule has 48 heteroatoms. The molecule has 0 fully saturated rings. The highest BCUT2D eigenvalue weighted by Crippen LogP contribution is 2.06. The van der Waals surface area contributed by atoms with Gasteiger partial charge in [-0.05, 0) is 79.9 Å². The van der Waals surface area contributed by atoms with Crippen LogP contribution in [-0.2, 0) is 133 Å². The molecule has 0 saturated carbocycles. The number of rotatable bonds is 87. The Morgan fingerprint density at radius 2 is 0.461 bits per heavy atom. The Morgan fingerprint density at radius 1 is 0.252 bits per heavy atom. The summed E-state index contributed by atoms with van der Waals surface area (Å²) in [6.07, 6.45) is 3.60. The summed E-state index contributed by atoms with van der Waals surface area (Å²) in [6.45, 7) is 6.80. The molecule has 0 aromatic heterocycles. The molecule has 0 bridgehead atoms. The van der Waals surface area contributed by atoms with Crippen LogP contribution in [0.5, 0.6) is 0 Å². The highest BCUT2D eigenvalue weighted by Gasteiger charge is 2.24. The van der Waals surface area contributed by atoms with E-state index in [2.05, 4.69) is 82.6 Å². The van der Waals surface area contributed by atoms with E-state index in [0.717, 1.165) is 0 Å². The molecular formula is C67H122N20O28. The zero-order valence-electron chi connectivity index (χ0n) is 66.2. The number of carbonyl (C=O) groups excluding carboxylic acids is 9. The normalized spacial score (nSPS) is 11.6. The fourth-order valence-electron chi connectivity index (χ4n) is 8.86. The summed E-state index contributed by atoms with van der Waals surface area (Å²) in [4.78, 5) is 125. The smallest absolute Gasteiger partial charge is 0.328 e. The zero-order chi connectivity index (χ0) is 83.9. The Bertz CT molecular complexity index is 2710. The topological polar surface area (TPSA) is 620 Å². The number of nitrogens with one attached hydrogen (secondary N) is 8. The number of amides is 8. The molecule has 0 heterocycles. The van der Waals surface area contributed by atoms with Gasteiger partial charge in [0.15, 0.2) is 0 Å². The molecule has 0 aromatic rings. The Morgan fingerprint density at radius 3 is 0.704 bits per heavy atom. The Labute approximate surface area is 668 Å². The van der Waals surface area contributed by atoms with Gasteiger partial charge in [-0.15, -0.1) is 0 Å². The molecule has 8 amide bonds. The van der Waals surface area contributed by atoms with Crippen molar-refractivity contribution in [2.45, 2.75) is 75.9 Å². The fraction of sp³-hybridized carbons (Fsp3) is 0.866. The van der Waals surface area contributed by atoms with E-state index in [0.29, 0.717) is 78.0 Å². The lowest BCUT2D eigenvalue weighted by Gasteiger charge is -2.19. The van der Waals surface area contributed by atoms with Gasteiger partial charge in [0.2, 0.25) is 47.3 Å². The number of carbonyl (C=O) groups is 9. The first-order valence-corrected chi connectivity index (χ1v) is 38.1. The predicted molar refractivity (Wildman–Crippen MR) is 405 cm³/mol. The van der Waals surface area contributed by atoms with Gasteiger partial charge in [0, 0.05) is 78.5 Å². The minimum absolute atomic E-state index is 0.0516. The first-order chi connectivity index (χ1) is 56.3. The molecule has 0 spiro atoms. The largest absolute Gasteiger partial charge is 0.467 e. The van der Waals surface area contributed by atoms with Crippen LogP contribution in [0.2, 0.25) is 0 Å². The maximum atomic E-state index is 13.2. The van der Waals surface area contributed by atoms with Gasteiger partial charge in [-0.25, -0.2) is 4.79 Å². The van der Waals surface area contributed by atoms with E-state index < -0.39 is 53.6 Å². The third-order valence-corrected chi connectivity index (χ3v) is 14.4. The van der Waals surface area contributed by atoms with Gasteiger partial charge < -0.3 is 133 Å². The standard InChI is InChI=1S/C67H122N20O28/c1-97-67(96)58(83-64(93)55-115-49-43-105-33-27-99-21-15-76-66(95)57(82-63(92)54-114-48-42-109-37-31-103-25-19-80-87-71)9-3-6-12-73-60(89)51-112-46-40-107-35-29-101-23-17-78-85-69)10-4-7-13-74-61(90)52-110-44-38-104-32-26-98-20-14-75-65(94)56(81-62(91)53-113-47-41-108-36-30-102-24-18-79-86-70)8-2-5-11-72-59(88)50-111-45-39-106-34-28-100-22-16-77-84-68/h56-58H,2-55H2,1H3,(H,72,88)(H,73,89)(H,74,90)(H,75,94)(H,76,95)(H,81,91)(H,82,92)(H,83,93)/t56-,57-,58-/m0/s1. The Hall–Kier alpha value is -8.25.